The molecule has 1 heterocycles. The first-order valence-corrected chi connectivity index (χ1v) is 22.0. The molecule has 13 atom stereocenters. The molecule has 7 fully saturated rings. The summed E-state index contributed by atoms with van der Waals surface area (Å²) in [6.45, 7) is 8.89. The minimum Gasteiger partial charge on any atom is -0.394 e. The van der Waals surface area contributed by atoms with Crippen molar-refractivity contribution in [3.63, 3.8) is 0 Å². The van der Waals surface area contributed by atoms with Crippen LogP contribution in [-0.2, 0) is 24.4 Å². The van der Waals surface area contributed by atoms with Gasteiger partial charge in [-0.15, -0.1) is 0 Å². The summed E-state index contributed by atoms with van der Waals surface area (Å²) in [4.78, 5) is 20.5. The Hall–Kier alpha value is -0.820. The maximum absolute atomic E-state index is 14.2. The van der Waals surface area contributed by atoms with Gasteiger partial charge >= 0.3 is 0 Å². The molecule has 1 aliphatic heterocycles. The van der Waals surface area contributed by atoms with Gasteiger partial charge in [-0.05, 0) is 99.2 Å². The van der Waals surface area contributed by atoms with E-state index in [0.717, 1.165) is 70.6 Å². The molecule has 4 N–H and O–H groups in total. The van der Waals surface area contributed by atoms with E-state index in [1.165, 1.54) is 25.7 Å². The van der Waals surface area contributed by atoms with Crippen molar-refractivity contribution in [2.24, 2.45) is 52.8 Å². The summed E-state index contributed by atoms with van der Waals surface area (Å²) < 4.78 is 35.7. The Morgan fingerprint density at radius 1 is 1.02 bits per heavy atom. The Kier molecular flexibility index (Phi) is 12.7. The third-order valence-electron chi connectivity index (χ3n) is 14.9. The molecule has 0 aromatic rings. The molecule has 1 saturated heterocycles. The topological polar surface area (TPSA) is 137 Å². The van der Waals surface area contributed by atoms with Crippen LogP contribution in [0.4, 0.5) is 0 Å². The quantitative estimate of drug-likeness (QED) is 0.208. The number of amides is 1. The highest BCUT2D eigenvalue weighted by Crippen LogP contribution is 2.61. The standard InChI is InChI=1S/C39H69N3O7S/c1-24-32-20-29(39(32,3)4)21-33(24)40-38(45)36-35(25(2)44)34(23-43)49-42(36)22-28-14-10-16-31(37(28)48-5)27-13-9-15-30(19-27)41-50(46,47)18-17-26-11-7-6-8-12-26/h24-37,41,43-44H,6-23H2,1-5H3,(H,40,45)/t24-,25-,27?,28?,29+,30?,31?,32-,33-,34-,35-,36-,37?/m0/s1. The third-order valence-corrected chi connectivity index (χ3v) is 16.4. The number of aliphatic hydroxyl groups is 2. The van der Waals surface area contributed by atoms with Gasteiger partial charge in [-0.1, -0.05) is 65.7 Å². The van der Waals surface area contributed by atoms with Crippen LogP contribution in [0.5, 0.6) is 0 Å². The van der Waals surface area contributed by atoms with E-state index in [-0.39, 0.29) is 42.4 Å². The summed E-state index contributed by atoms with van der Waals surface area (Å²) in [5.74, 6) is 2.47. The second-order valence-corrected chi connectivity index (χ2v) is 20.0. The molecule has 2 bridgehead atoms. The van der Waals surface area contributed by atoms with E-state index in [9.17, 15) is 23.4 Å². The van der Waals surface area contributed by atoms with Crippen LogP contribution < -0.4 is 10.0 Å². The second-order valence-electron chi connectivity index (χ2n) is 18.2. The number of hydrogen-bond acceptors (Lipinski definition) is 8. The molecule has 288 valence electrons. The van der Waals surface area contributed by atoms with E-state index in [1.807, 2.05) is 0 Å². The first kappa shape index (κ1) is 38.9. The van der Waals surface area contributed by atoms with Crippen molar-refractivity contribution in [3.8, 4) is 0 Å². The summed E-state index contributed by atoms with van der Waals surface area (Å²) in [7, 11) is -1.54. The monoisotopic (exact) mass is 723 g/mol. The van der Waals surface area contributed by atoms with E-state index in [0.29, 0.717) is 47.5 Å². The normalized spacial score (nSPS) is 41.7. The van der Waals surface area contributed by atoms with Gasteiger partial charge in [-0.3, -0.25) is 9.63 Å². The first-order valence-electron chi connectivity index (χ1n) is 20.4. The number of methoxy groups -OCH3 is 1. The maximum Gasteiger partial charge on any atom is 0.240 e. The number of ether oxygens (including phenoxy) is 1. The zero-order chi connectivity index (χ0) is 35.8. The lowest BCUT2D eigenvalue weighted by molar-refractivity contribution is -0.193. The molecule has 1 amide bonds. The summed E-state index contributed by atoms with van der Waals surface area (Å²) >= 11 is 0. The van der Waals surface area contributed by atoms with Crippen molar-refractivity contribution in [1.29, 1.82) is 0 Å². The minimum absolute atomic E-state index is 0.0334. The Labute approximate surface area is 302 Å². The number of aliphatic hydroxyl groups excluding tert-OH is 2. The highest BCUT2D eigenvalue weighted by Gasteiger charge is 2.57. The Balaban J connectivity index is 1.10. The molecule has 10 nitrogen and oxygen atoms in total. The van der Waals surface area contributed by atoms with Crippen LogP contribution in [0, 0.1) is 52.8 Å². The summed E-state index contributed by atoms with van der Waals surface area (Å²) in [5, 5.41) is 26.4. The molecule has 6 saturated carbocycles. The lowest BCUT2D eigenvalue weighted by atomic mass is 9.45. The molecule has 11 heteroatoms. The van der Waals surface area contributed by atoms with Crippen LogP contribution in [0.1, 0.15) is 124 Å². The van der Waals surface area contributed by atoms with Gasteiger partial charge in [0.15, 0.2) is 0 Å². The lowest BCUT2D eigenvalue weighted by Crippen LogP contribution is -2.62. The number of hydrogen-bond donors (Lipinski definition) is 4. The molecule has 5 unspecified atom stereocenters. The highest BCUT2D eigenvalue weighted by atomic mass is 32.2. The van der Waals surface area contributed by atoms with Crippen molar-refractivity contribution in [2.45, 2.75) is 160 Å². The van der Waals surface area contributed by atoms with Crippen molar-refractivity contribution >= 4 is 15.9 Å². The highest BCUT2D eigenvalue weighted by molar-refractivity contribution is 7.89. The zero-order valence-corrected chi connectivity index (χ0v) is 32.4. The zero-order valence-electron chi connectivity index (χ0n) is 31.6. The van der Waals surface area contributed by atoms with E-state index < -0.39 is 34.2 Å². The van der Waals surface area contributed by atoms with Gasteiger partial charge in [-0.25, -0.2) is 13.1 Å². The van der Waals surface area contributed by atoms with Crippen molar-refractivity contribution in [3.05, 3.63) is 0 Å². The van der Waals surface area contributed by atoms with E-state index in [1.54, 1.807) is 19.1 Å². The Morgan fingerprint density at radius 3 is 2.42 bits per heavy atom. The van der Waals surface area contributed by atoms with Gasteiger partial charge in [0.1, 0.15) is 12.1 Å². The molecule has 7 aliphatic rings. The van der Waals surface area contributed by atoms with Crippen LogP contribution in [0.25, 0.3) is 0 Å². The van der Waals surface area contributed by atoms with Crippen LogP contribution in [0.15, 0.2) is 0 Å². The van der Waals surface area contributed by atoms with Gasteiger partial charge in [0, 0.05) is 37.6 Å². The van der Waals surface area contributed by atoms with E-state index in [2.05, 4.69) is 30.8 Å². The largest absolute Gasteiger partial charge is 0.394 e. The molecule has 50 heavy (non-hydrogen) atoms. The second kappa shape index (κ2) is 16.3. The molecule has 0 radical (unpaired) electrons. The number of carbonyl (C=O) groups excluding carboxylic acids is 1. The number of rotatable bonds is 13. The number of nitrogens with zero attached hydrogens (tertiary/aromatic N) is 1. The fraction of sp³-hybridized carbons (Fsp3) is 0.974. The lowest BCUT2D eigenvalue weighted by Gasteiger charge is -2.62. The van der Waals surface area contributed by atoms with Gasteiger partial charge in [-0.2, -0.15) is 5.06 Å². The summed E-state index contributed by atoms with van der Waals surface area (Å²) in [6, 6.07) is -0.641. The smallest absolute Gasteiger partial charge is 0.240 e. The van der Waals surface area contributed by atoms with Crippen LogP contribution in [-0.4, -0.2) is 92.1 Å². The van der Waals surface area contributed by atoms with Crippen molar-refractivity contribution < 1.29 is 33.0 Å². The summed E-state index contributed by atoms with van der Waals surface area (Å²) in [6.07, 6.45) is 14.3. The van der Waals surface area contributed by atoms with E-state index >= 15 is 0 Å². The number of sulfonamides is 1. The average molecular weight is 724 g/mol. The Bertz CT molecular complexity index is 1240. The molecular weight excluding hydrogens is 655 g/mol. The first-order chi connectivity index (χ1) is 23.8. The van der Waals surface area contributed by atoms with Gasteiger partial charge in [0.05, 0.1) is 24.6 Å². The van der Waals surface area contributed by atoms with Gasteiger partial charge < -0.3 is 20.3 Å². The third kappa shape index (κ3) is 8.29. The molecule has 6 aliphatic carbocycles. The number of carbonyl (C=O) groups is 1. The predicted molar refractivity (Wildman–Crippen MR) is 194 cm³/mol. The maximum atomic E-state index is 14.2. The molecule has 7 rings (SSSR count). The SMILES string of the molecule is COC1C(CN2O[C@@H](CO)[C@H]([C@H](C)O)[C@H]2C(=O)N[C@H]2C[C@H]3C[C@@H]([C@@H]2C)C3(C)C)CCCC1C1CCCC(NS(=O)(=O)CCC2CCCCC2)C1. The van der Waals surface area contributed by atoms with Crippen LogP contribution >= 0.6 is 0 Å². The van der Waals surface area contributed by atoms with Crippen LogP contribution in [0.2, 0.25) is 0 Å². The van der Waals surface area contributed by atoms with Crippen molar-refractivity contribution in [2.75, 3.05) is 26.0 Å². The predicted octanol–water partition coefficient (Wildman–Crippen LogP) is 5.03. The minimum atomic E-state index is -3.32. The number of nitrogens with one attached hydrogen (secondary N) is 2. The molecule has 0 aromatic heterocycles. The van der Waals surface area contributed by atoms with Gasteiger partial charge in [0.25, 0.3) is 0 Å². The fourth-order valence-electron chi connectivity index (χ4n) is 11.9. The van der Waals surface area contributed by atoms with Crippen molar-refractivity contribution in [1.82, 2.24) is 15.1 Å². The molecule has 0 spiro atoms. The molecular formula is C39H69N3O7S. The van der Waals surface area contributed by atoms with Gasteiger partial charge in [0.2, 0.25) is 15.9 Å². The number of fused-ring (bicyclic) bond motifs is 2. The Morgan fingerprint density at radius 2 is 1.76 bits per heavy atom. The fourth-order valence-corrected chi connectivity index (χ4v) is 13.4. The number of hydroxylamine groups is 2. The molecule has 0 aromatic carbocycles. The summed E-state index contributed by atoms with van der Waals surface area (Å²) in [5.41, 5.74) is 0.317. The van der Waals surface area contributed by atoms with Crippen LogP contribution in [0.3, 0.4) is 0 Å². The average Bonchev–Trinajstić information content (AvgIpc) is 3.47. The van der Waals surface area contributed by atoms with E-state index in [4.69, 9.17) is 9.57 Å².